The number of rotatable bonds is 2. The number of halogens is 3. The average molecular weight is 349 g/mol. The average Bonchev–Trinajstić information content (AvgIpc) is 3.05. The number of urea groups is 1. The van der Waals surface area contributed by atoms with Gasteiger partial charge >= 0.3 is 12.2 Å². The number of ether oxygens (including phenoxy) is 1. The highest BCUT2D eigenvalue weighted by atomic mass is 19.4. The SMILES string of the molecule is CN1CCOC2CCN(C(=O)NC(C3CCCC3)C(F)(F)F)CC21. The van der Waals surface area contributed by atoms with Crippen molar-refractivity contribution < 1.29 is 22.7 Å². The first-order valence-electron chi connectivity index (χ1n) is 8.80. The molecule has 0 aromatic rings. The van der Waals surface area contributed by atoms with Gasteiger partial charge in [0, 0.05) is 19.6 Å². The molecule has 24 heavy (non-hydrogen) atoms. The fraction of sp³-hybridized carbons (Fsp3) is 0.938. The highest BCUT2D eigenvalue weighted by Gasteiger charge is 2.47. The Bertz CT molecular complexity index is 454. The summed E-state index contributed by atoms with van der Waals surface area (Å²) < 4.78 is 45.8. The number of likely N-dealkylation sites (tertiary alicyclic amines) is 1. The molecule has 1 aliphatic carbocycles. The van der Waals surface area contributed by atoms with Crippen LogP contribution >= 0.6 is 0 Å². The van der Waals surface area contributed by atoms with E-state index in [2.05, 4.69) is 10.2 Å². The zero-order valence-corrected chi connectivity index (χ0v) is 14.0. The molecule has 3 atom stereocenters. The molecule has 0 aromatic carbocycles. The number of alkyl halides is 3. The summed E-state index contributed by atoms with van der Waals surface area (Å²) in [6, 6.07) is -2.26. The van der Waals surface area contributed by atoms with Gasteiger partial charge in [0.15, 0.2) is 0 Å². The summed E-state index contributed by atoms with van der Waals surface area (Å²) in [4.78, 5) is 16.1. The van der Waals surface area contributed by atoms with Gasteiger partial charge in [0.2, 0.25) is 0 Å². The van der Waals surface area contributed by atoms with Crippen LogP contribution in [0.25, 0.3) is 0 Å². The Morgan fingerprint density at radius 1 is 1.21 bits per heavy atom. The lowest BCUT2D eigenvalue weighted by Crippen LogP contribution is -2.62. The number of fused-ring (bicyclic) bond motifs is 1. The lowest BCUT2D eigenvalue weighted by Gasteiger charge is -2.46. The first-order chi connectivity index (χ1) is 11.4. The third kappa shape index (κ3) is 3.79. The third-order valence-corrected chi connectivity index (χ3v) is 5.65. The van der Waals surface area contributed by atoms with Crippen LogP contribution < -0.4 is 5.32 Å². The van der Waals surface area contributed by atoms with Gasteiger partial charge < -0.3 is 15.0 Å². The standard InChI is InChI=1S/C16H26F3N3O2/c1-21-8-9-24-13-6-7-22(10-12(13)21)15(23)20-14(16(17,18)19)11-4-2-3-5-11/h11-14H,2-10H2,1H3,(H,20,23). The van der Waals surface area contributed by atoms with Crippen molar-refractivity contribution >= 4 is 6.03 Å². The van der Waals surface area contributed by atoms with Crippen LogP contribution in [-0.2, 0) is 4.74 Å². The summed E-state index contributed by atoms with van der Waals surface area (Å²) in [5.41, 5.74) is 0. The molecule has 2 aliphatic heterocycles. The molecule has 3 fully saturated rings. The summed E-state index contributed by atoms with van der Waals surface area (Å²) in [5.74, 6) is -0.493. The number of amides is 2. The van der Waals surface area contributed by atoms with E-state index in [1.807, 2.05) is 7.05 Å². The molecule has 1 saturated carbocycles. The number of hydrogen-bond donors (Lipinski definition) is 1. The minimum absolute atomic E-state index is 0.0640. The Hall–Kier alpha value is -1.02. The molecular weight excluding hydrogens is 323 g/mol. The van der Waals surface area contributed by atoms with Gasteiger partial charge in [0.05, 0.1) is 18.8 Å². The molecule has 2 saturated heterocycles. The molecule has 3 aliphatic rings. The second kappa shape index (κ2) is 7.07. The summed E-state index contributed by atoms with van der Waals surface area (Å²) >= 11 is 0. The molecule has 2 heterocycles. The molecule has 3 unspecified atom stereocenters. The van der Waals surface area contributed by atoms with Crippen LogP contribution in [0.15, 0.2) is 0 Å². The van der Waals surface area contributed by atoms with Crippen molar-refractivity contribution in [3.8, 4) is 0 Å². The van der Waals surface area contributed by atoms with E-state index in [4.69, 9.17) is 4.74 Å². The molecule has 0 radical (unpaired) electrons. The predicted molar refractivity (Wildman–Crippen MR) is 82.7 cm³/mol. The Morgan fingerprint density at radius 2 is 1.92 bits per heavy atom. The second-order valence-corrected chi connectivity index (χ2v) is 7.21. The lowest BCUT2D eigenvalue weighted by atomic mass is 9.97. The van der Waals surface area contributed by atoms with Gasteiger partial charge in [-0.3, -0.25) is 4.90 Å². The number of nitrogens with zero attached hydrogens (tertiary/aromatic N) is 2. The van der Waals surface area contributed by atoms with Crippen LogP contribution in [0.4, 0.5) is 18.0 Å². The van der Waals surface area contributed by atoms with Gasteiger partial charge in [0.25, 0.3) is 0 Å². The van der Waals surface area contributed by atoms with E-state index in [0.29, 0.717) is 39.0 Å². The normalized spacial score (nSPS) is 30.9. The van der Waals surface area contributed by atoms with E-state index in [1.165, 1.54) is 4.90 Å². The minimum atomic E-state index is -4.40. The molecule has 0 spiro atoms. The Morgan fingerprint density at radius 3 is 2.58 bits per heavy atom. The highest BCUT2D eigenvalue weighted by Crippen LogP contribution is 2.36. The van der Waals surface area contributed by atoms with Crippen LogP contribution in [0.3, 0.4) is 0 Å². The highest BCUT2D eigenvalue weighted by molar-refractivity contribution is 5.75. The number of hydrogen-bond acceptors (Lipinski definition) is 3. The van der Waals surface area contributed by atoms with Crippen molar-refractivity contribution in [3.63, 3.8) is 0 Å². The number of carbonyl (C=O) groups is 1. The van der Waals surface area contributed by atoms with Gasteiger partial charge in [0.1, 0.15) is 6.04 Å². The number of piperidine rings is 1. The van der Waals surface area contributed by atoms with E-state index in [-0.39, 0.29) is 12.1 Å². The fourth-order valence-electron chi connectivity index (χ4n) is 4.21. The summed E-state index contributed by atoms with van der Waals surface area (Å²) in [6.07, 6.45) is -0.972. The molecular formula is C16H26F3N3O2. The van der Waals surface area contributed by atoms with Crippen molar-refractivity contribution in [2.24, 2.45) is 5.92 Å². The second-order valence-electron chi connectivity index (χ2n) is 7.21. The van der Waals surface area contributed by atoms with E-state index in [1.54, 1.807) is 0 Å². The molecule has 8 heteroatoms. The monoisotopic (exact) mass is 349 g/mol. The van der Waals surface area contributed by atoms with Gasteiger partial charge in [-0.05, 0) is 32.2 Å². The smallest absolute Gasteiger partial charge is 0.375 e. The maximum absolute atomic E-state index is 13.4. The van der Waals surface area contributed by atoms with Crippen LogP contribution in [-0.4, -0.2) is 73.5 Å². The number of nitrogens with one attached hydrogen (secondary N) is 1. The minimum Gasteiger partial charge on any atom is -0.375 e. The topological polar surface area (TPSA) is 44.8 Å². The van der Waals surface area contributed by atoms with Gasteiger partial charge in [-0.1, -0.05) is 12.8 Å². The Balaban J connectivity index is 1.62. The number of likely N-dealkylation sites (N-methyl/N-ethyl adjacent to an activating group) is 1. The zero-order valence-electron chi connectivity index (χ0n) is 14.0. The molecule has 5 nitrogen and oxygen atoms in total. The lowest BCUT2D eigenvalue weighted by molar-refractivity contribution is -0.165. The summed E-state index contributed by atoms with van der Waals surface area (Å²) in [7, 11) is 1.97. The van der Waals surface area contributed by atoms with Gasteiger partial charge in [-0.2, -0.15) is 13.2 Å². The third-order valence-electron chi connectivity index (χ3n) is 5.65. The first kappa shape index (κ1) is 17.8. The van der Waals surface area contributed by atoms with Crippen molar-refractivity contribution in [1.29, 1.82) is 0 Å². The van der Waals surface area contributed by atoms with Crippen LogP contribution in [0.1, 0.15) is 32.1 Å². The molecule has 0 aromatic heterocycles. The zero-order chi connectivity index (χ0) is 17.3. The predicted octanol–water partition coefficient (Wildman–Crippen LogP) is 2.22. The van der Waals surface area contributed by atoms with E-state index >= 15 is 0 Å². The molecule has 0 bridgehead atoms. The molecule has 1 N–H and O–H groups in total. The van der Waals surface area contributed by atoms with E-state index in [9.17, 15) is 18.0 Å². The summed E-state index contributed by atoms with van der Waals surface area (Å²) in [5, 5.41) is 2.28. The number of carbonyl (C=O) groups excluding carboxylic acids is 1. The van der Waals surface area contributed by atoms with Crippen molar-refractivity contribution in [2.45, 2.75) is 56.5 Å². The Kier molecular flexibility index (Phi) is 5.24. The van der Waals surface area contributed by atoms with E-state index < -0.39 is 24.2 Å². The molecule has 3 rings (SSSR count). The fourth-order valence-corrected chi connectivity index (χ4v) is 4.21. The van der Waals surface area contributed by atoms with Crippen LogP contribution in [0, 0.1) is 5.92 Å². The van der Waals surface area contributed by atoms with Crippen molar-refractivity contribution in [3.05, 3.63) is 0 Å². The van der Waals surface area contributed by atoms with Crippen LogP contribution in [0.2, 0.25) is 0 Å². The van der Waals surface area contributed by atoms with Gasteiger partial charge in [-0.25, -0.2) is 4.79 Å². The molecule has 2 amide bonds. The molecule has 138 valence electrons. The quantitative estimate of drug-likeness (QED) is 0.831. The van der Waals surface area contributed by atoms with Crippen molar-refractivity contribution in [1.82, 2.24) is 15.1 Å². The maximum Gasteiger partial charge on any atom is 0.408 e. The largest absolute Gasteiger partial charge is 0.408 e. The number of morpholine rings is 1. The summed E-state index contributed by atoms with van der Waals surface area (Å²) in [6.45, 7) is 2.31. The maximum atomic E-state index is 13.4. The van der Waals surface area contributed by atoms with Crippen molar-refractivity contribution in [2.75, 3.05) is 33.3 Å². The van der Waals surface area contributed by atoms with Crippen LogP contribution in [0.5, 0.6) is 0 Å². The van der Waals surface area contributed by atoms with E-state index in [0.717, 1.165) is 19.4 Å². The van der Waals surface area contributed by atoms with Gasteiger partial charge in [-0.15, -0.1) is 0 Å². The first-order valence-corrected chi connectivity index (χ1v) is 8.80. The Labute approximate surface area is 140 Å².